The molecule has 4 amide bonds. The van der Waals surface area contributed by atoms with Crippen molar-refractivity contribution in [1.29, 1.82) is 0 Å². The summed E-state index contributed by atoms with van der Waals surface area (Å²) in [5.41, 5.74) is 1.74. The predicted octanol–water partition coefficient (Wildman–Crippen LogP) is 2.89. The maximum atomic E-state index is 13.7. The summed E-state index contributed by atoms with van der Waals surface area (Å²) in [6.45, 7) is 4.71. The number of para-hydroxylation sites is 1. The molecule has 39 heavy (non-hydrogen) atoms. The van der Waals surface area contributed by atoms with Crippen LogP contribution in [0.3, 0.4) is 0 Å². The van der Waals surface area contributed by atoms with E-state index in [0.717, 1.165) is 18.4 Å². The number of carbonyl (C=O) groups excluding carboxylic acids is 3. The average molecular weight is 561 g/mol. The van der Waals surface area contributed by atoms with Crippen molar-refractivity contribution in [3.8, 4) is 5.75 Å². The summed E-state index contributed by atoms with van der Waals surface area (Å²) in [7, 11) is 0. The van der Waals surface area contributed by atoms with E-state index in [-0.39, 0.29) is 74.4 Å². The van der Waals surface area contributed by atoms with E-state index in [1.165, 1.54) is 6.07 Å². The van der Waals surface area contributed by atoms with E-state index in [1.54, 1.807) is 26.8 Å². The standard InChI is InChI=1S/C28H37ClN4O6/c1-3-4-11-31(12-13-34)26(36)17-30-28(38)32-19-21-7-5-6-8-25(21)33(18-20(32)2)27(37)23-10-9-22(16-24(23)29)39-15-14-35/h5-10,16,20,34-35H,3-4,11-15,17-19H2,1-2H3,(H,30,38)/t20-/m1/s1. The van der Waals surface area contributed by atoms with Gasteiger partial charge in [0.25, 0.3) is 5.91 Å². The highest BCUT2D eigenvalue weighted by molar-refractivity contribution is 6.34. The molecule has 1 atom stereocenters. The quantitative estimate of drug-likeness (QED) is 0.388. The lowest BCUT2D eigenvalue weighted by Crippen LogP contribution is -2.50. The lowest BCUT2D eigenvalue weighted by Gasteiger charge is -2.30. The van der Waals surface area contributed by atoms with Gasteiger partial charge in [0, 0.05) is 37.9 Å². The number of hydrogen-bond donors (Lipinski definition) is 3. The summed E-state index contributed by atoms with van der Waals surface area (Å²) < 4.78 is 5.39. The molecular formula is C28H37ClN4O6. The molecule has 1 aliphatic heterocycles. The largest absolute Gasteiger partial charge is 0.491 e. The second-order valence-corrected chi connectivity index (χ2v) is 9.76. The molecule has 2 aromatic rings. The van der Waals surface area contributed by atoms with Crippen LogP contribution in [-0.4, -0.2) is 89.9 Å². The number of carbonyl (C=O) groups is 3. The minimum absolute atomic E-state index is 0.113. The van der Waals surface area contributed by atoms with Crippen LogP contribution in [0.2, 0.25) is 5.02 Å². The van der Waals surface area contributed by atoms with E-state index in [2.05, 4.69) is 5.32 Å². The number of fused-ring (bicyclic) bond motifs is 1. The van der Waals surface area contributed by atoms with Crippen molar-refractivity contribution < 1.29 is 29.3 Å². The number of nitrogens with zero attached hydrogens (tertiary/aromatic N) is 3. The van der Waals surface area contributed by atoms with Gasteiger partial charge >= 0.3 is 6.03 Å². The van der Waals surface area contributed by atoms with Crippen molar-refractivity contribution in [1.82, 2.24) is 15.1 Å². The monoisotopic (exact) mass is 560 g/mol. The molecule has 212 valence electrons. The van der Waals surface area contributed by atoms with Crippen LogP contribution < -0.4 is 15.0 Å². The van der Waals surface area contributed by atoms with Gasteiger partial charge in [-0.3, -0.25) is 9.59 Å². The Bertz CT molecular complexity index is 1150. The molecule has 0 saturated carbocycles. The Labute approximate surface area is 234 Å². The summed E-state index contributed by atoms with van der Waals surface area (Å²) in [5, 5.41) is 21.2. The van der Waals surface area contributed by atoms with Crippen LogP contribution in [0.25, 0.3) is 0 Å². The highest BCUT2D eigenvalue weighted by atomic mass is 35.5. The number of unbranched alkanes of at least 4 members (excludes halogenated alkanes) is 1. The van der Waals surface area contributed by atoms with Crippen molar-refractivity contribution in [2.75, 3.05) is 50.9 Å². The second kappa shape index (κ2) is 14.7. The van der Waals surface area contributed by atoms with Gasteiger partial charge in [-0.15, -0.1) is 0 Å². The fraction of sp³-hybridized carbons (Fsp3) is 0.464. The molecule has 1 aliphatic rings. The average Bonchev–Trinajstić information content (AvgIpc) is 3.08. The molecule has 0 radical (unpaired) electrons. The summed E-state index contributed by atoms with van der Waals surface area (Å²) in [6, 6.07) is 11.3. The van der Waals surface area contributed by atoms with Crippen molar-refractivity contribution in [2.24, 2.45) is 0 Å². The third-order valence-electron chi connectivity index (χ3n) is 6.53. The minimum Gasteiger partial charge on any atom is -0.491 e. The third-order valence-corrected chi connectivity index (χ3v) is 6.85. The first-order valence-electron chi connectivity index (χ1n) is 13.2. The molecular weight excluding hydrogens is 524 g/mol. The number of nitrogens with one attached hydrogen (secondary N) is 1. The van der Waals surface area contributed by atoms with E-state index in [1.807, 2.05) is 38.1 Å². The zero-order chi connectivity index (χ0) is 28.4. The minimum atomic E-state index is -0.414. The second-order valence-electron chi connectivity index (χ2n) is 9.35. The molecule has 11 heteroatoms. The number of urea groups is 1. The molecule has 0 fully saturated rings. The Morgan fingerprint density at radius 1 is 1.13 bits per heavy atom. The number of halogens is 1. The molecule has 2 aromatic carbocycles. The predicted molar refractivity (Wildman–Crippen MR) is 149 cm³/mol. The number of amides is 4. The normalized spacial score (nSPS) is 14.8. The van der Waals surface area contributed by atoms with E-state index >= 15 is 0 Å². The number of ether oxygens (including phenoxy) is 1. The summed E-state index contributed by atoms with van der Waals surface area (Å²) in [5.74, 6) is -0.132. The molecule has 0 saturated heterocycles. The molecule has 1 heterocycles. The lowest BCUT2D eigenvalue weighted by molar-refractivity contribution is -0.130. The van der Waals surface area contributed by atoms with Gasteiger partial charge in [0.05, 0.1) is 30.3 Å². The van der Waals surface area contributed by atoms with Crippen LogP contribution in [0.15, 0.2) is 42.5 Å². The molecule has 0 bridgehead atoms. The molecule has 0 unspecified atom stereocenters. The summed E-state index contributed by atoms with van der Waals surface area (Å²) in [4.78, 5) is 44.4. The SMILES string of the molecule is CCCCN(CCO)C(=O)CNC(=O)N1Cc2ccccc2N(C(=O)c2ccc(OCCO)cc2Cl)C[C@H]1C. The molecule has 0 spiro atoms. The van der Waals surface area contributed by atoms with Crippen LogP contribution in [0, 0.1) is 0 Å². The first-order chi connectivity index (χ1) is 18.8. The maximum absolute atomic E-state index is 13.7. The van der Waals surface area contributed by atoms with Gasteiger partial charge in [0.2, 0.25) is 5.91 Å². The zero-order valence-electron chi connectivity index (χ0n) is 22.4. The molecule has 0 aromatic heterocycles. The molecule has 10 nitrogen and oxygen atoms in total. The first kappa shape index (κ1) is 30.2. The Morgan fingerprint density at radius 3 is 2.59 bits per heavy atom. The number of aliphatic hydroxyl groups excluding tert-OH is 2. The van der Waals surface area contributed by atoms with E-state index in [4.69, 9.17) is 21.4 Å². The zero-order valence-corrected chi connectivity index (χ0v) is 23.2. The fourth-order valence-electron chi connectivity index (χ4n) is 4.44. The van der Waals surface area contributed by atoms with Crippen LogP contribution in [0.4, 0.5) is 10.5 Å². The number of benzene rings is 2. The third kappa shape index (κ3) is 7.84. The molecule has 3 rings (SSSR count). The van der Waals surface area contributed by atoms with Crippen LogP contribution >= 0.6 is 11.6 Å². The van der Waals surface area contributed by atoms with Crippen molar-refractivity contribution in [2.45, 2.75) is 39.3 Å². The van der Waals surface area contributed by atoms with Gasteiger partial charge in [0.1, 0.15) is 12.4 Å². The smallest absolute Gasteiger partial charge is 0.318 e. The van der Waals surface area contributed by atoms with Crippen molar-refractivity contribution >= 4 is 35.1 Å². The summed E-state index contributed by atoms with van der Waals surface area (Å²) >= 11 is 6.44. The van der Waals surface area contributed by atoms with E-state index in [9.17, 15) is 19.5 Å². The van der Waals surface area contributed by atoms with E-state index < -0.39 is 6.03 Å². The van der Waals surface area contributed by atoms with Crippen LogP contribution in [0.1, 0.15) is 42.6 Å². The van der Waals surface area contributed by atoms with Crippen LogP contribution in [-0.2, 0) is 11.3 Å². The maximum Gasteiger partial charge on any atom is 0.318 e. The highest BCUT2D eigenvalue weighted by Crippen LogP contribution is 2.31. The van der Waals surface area contributed by atoms with E-state index in [0.29, 0.717) is 18.0 Å². The van der Waals surface area contributed by atoms with Crippen LogP contribution in [0.5, 0.6) is 5.75 Å². The Kier molecular flexibility index (Phi) is 11.4. The number of rotatable bonds is 11. The number of aliphatic hydroxyl groups is 2. The van der Waals surface area contributed by atoms with Gasteiger partial charge in [0.15, 0.2) is 0 Å². The van der Waals surface area contributed by atoms with Gasteiger partial charge in [-0.25, -0.2) is 4.79 Å². The topological polar surface area (TPSA) is 123 Å². The fourth-order valence-corrected chi connectivity index (χ4v) is 4.69. The van der Waals surface area contributed by atoms with Gasteiger partial charge < -0.3 is 35.0 Å². The highest BCUT2D eigenvalue weighted by Gasteiger charge is 2.32. The Morgan fingerprint density at radius 2 is 1.90 bits per heavy atom. The summed E-state index contributed by atoms with van der Waals surface area (Å²) in [6.07, 6.45) is 1.72. The lowest BCUT2D eigenvalue weighted by atomic mass is 10.1. The molecule has 3 N–H and O–H groups in total. The Hall–Kier alpha value is -3.34. The van der Waals surface area contributed by atoms with Gasteiger partial charge in [-0.2, -0.15) is 0 Å². The Balaban J connectivity index is 1.77. The van der Waals surface area contributed by atoms with Gasteiger partial charge in [-0.05, 0) is 43.2 Å². The number of anilines is 1. The van der Waals surface area contributed by atoms with Gasteiger partial charge in [-0.1, -0.05) is 43.1 Å². The number of hydrogen-bond acceptors (Lipinski definition) is 6. The van der Waals surface area contributed by atoms with Crippen molar-refractivity contribution in [3.05, 3.63) is 58.6 Å². The van der Waals surface area contributed by atoms with Crippen molar-refractivity contribution in [3.63, 3.8) is 0 Å². The molecule has 0 aliphatic carbocycles. The first-order valence-corrected chi connectivity index (χ1v) is 13.5.